The molecule has 0 fully saturated rings. The number of carboxylic acids is 2. The van der Waals surface area contributed by atoms with Gasteiger partial charge in [0.25, 0.3) is 0 Å². The smallest absolute Gasteiger partial charge is 0.437 e. The number of carbonyl (C=O) groups excluding carboxylic acids is 2. The van der Waals surface area contributed by atoms with Crippen LogP contribution in [0.1, 0.15) is 0 Å². The molecule has 0 atom stereocenters. The Kier molecular flexibility index (Phi) is 5.42. The minimum atomic E-state index is -4.85. The topological polar surface area (TPSA) is 127 Å². The van der Waals surface area contributed by atoms with Crippen LogP contribution >= 0.6 is 0 Å². The normalized spacial score (nSPS) is 11.6. The molecule has 114 valence electrons. The molecule has 0 aromatic rings. The molecule has 20 heavy (non-hydrogen) atoms. The van der Waals surface area contributed by atoms with E-state index in [2.05, 4.69) is 9.47 Å². The van der Waals surface area contributed by atoms with Gasteiger partial charge in [-0.05, 0) is 0 Å². The highest BCUT2D eigenvalue weighted by Gasteiger charge is 2.50. The predicted molar refractivity (Wildman–Crippen MR) is 47.1 cm³/mol. The molecule has 0 heterocycles. The average molecular weight is 306 g/mol. The van der Waals surface area contributed by atoms with Gasteiger partial charge >= 0.3 is 35.7 Å². The summed E-state index contributed by atoms with van der Waals surface area (Å²) in [6.07, 6.45) is 0. The van der Waals surface area contributed by atoms with E-state index in [9.17, 15) is 36.7 Å². The summed E-state index contributed by atoms with van der Waals surface area (Å²) in [5.74, 6) is -20.3. The minimum absolute atomic E-state index is 1.16. The molecule has 0 aromatic carbocycles. The average Bonchev–Trinajstić information content (AvgIpc) is 2.33. The van der Waals surface area contributed by atoms with Crippen molar-refractivity contribution in [3.05, 3.63) is 0 Å². The molecular formula is C8H6F4O8. The van der Waals surface area contributed by atoms with E-state index in [-0.39, 0.29) is 0 Å². The lowest BCUT2D eigenvalue weighted by Gasteiger charge is -2.12. The molecule has 0 unspecified atom stereocenters. The van der Waals surface area contributed by atoms with Gasteiger partial charge in [0.2, 0.25) is 0 Å². The van der Waals surface area contributed by atoms with Gasteiger partial charge < -0.3 is 19.7 Å². The SMILES string of the molecule is O=C(O)C(F)(F)C(=O)OCCOC(=O)C(F)(F)C(=O)O. The van der Waals surface area contributed by atoms with Crippen LogP contribution in [-0.2, 0) is 28.7 Å². The van der Waals surface area contributed by atoms with Crippen LogP contribution in [0.4, 0.5) is 17.6 Å². The first kappa shape index (κ1) is 17.6. The Labute approximate surface area is 106 Å². The Morgan fingerprint density at radius 1 is 0.750 bits per heavy atom. The third kappa shape index (κ3) is 4.07. The van der Waals surface area contributed by atoms with Crippen LogP contribution in [0, 0.1) is 0 Å². The van der Waals surface area contributed by atoms with E-state index < -0.39 is 48.9 Å². The van der Waals surface area contributed by atoms with E-state index in [1.807, 2.05) is 0 Å². The Hall–Kier alpha value is -2.40. The number of aliphatic carboxylic acids is 2. The number of ether oxygens (including phenoxy) is 2. The first-order valence-electron chi connectivity index (χ1n) is 4.51. The van der Waals surface area contributed by atoms with Crippen molar-refractivity contribution in [3.8, 4) is 0 Å². The molecule has 2 N–H and O–H groups in total. The van der Waals surface area contributed by atoms with Crippen molar-refractivity contribution in [1.29, 1.82) is 0 Å². The summed E-state index contributed by atoms with van der Waals surface area (Å²) in [4.78, 5) is 40.9. The molecule has 0 bridgehead atoms. The zero-order valence-corrected chi connectivity index (χ0v) is 9.27. The van der Waals surface area contributed by atoms with E-state index >= 15 is 0 Å². The van der Waals surface area contributed by atoms with Gasteiger partial charge in [-0.1, -0.05) is 0 Å². The number of carbonyl (C=O) groups is 4. The van der Waals surface area contributed by atoms with Crippen LogP contribution in [0.15, 0.2) is 0 Å². The fourth-order valence-electron chi connectivity index (χ4n) is 0.625. The molecule has 0 aliphatic carbocycles. The molecule has 0 rings (SSSR count). The van der Waals surface area contributed by atoms with Crippen LogP contribution in [-0.4, -0.2) is 59.1 Å². The molecule has 0 amide bonds. The zero-order valence-electron chi connectivity index (χ0n) is 9.27. The molecule has 8 nitrogen and oxygen atoms in total. The second kappa shape index (κ2) is 6.16. The van der Waals surface area contributed by atoms with Gasteiger partial charge in [-0.2, -0.15) is 17.6 Å². The Morgan fingerprint density at radius 3 is 1.20 bits per heavy atom. The second-order valence-corrected chi connectivity index (χ2v) is 3.03. The number of hydrogen-bond donors (Lipinski definition) is 2. The van der Waals surface area contributed by atoms with Crippen molar-refractivity contribution in [2.75, 3.05) is 13.2 Å². The lowest BCUT2D eigenvalue weighted by Crippen LogP contribution is -2.41. The lowest BCUT2D eigenvalue weighted by atomic mass is 10.3. The number of rotatable bonds is 7. The Bertz CT molecular complexity index is 392. The maximum absolute atomic E-state index is 12.4. The molecular weight excluding hydrogens is 300 g/mol. The number of carboxylic acid groups (broad SMARTS) is 2. The molecule has 12 heteroatoms. The summed E-state index contributed by atoms with van der Waals surface area (Å²) in [5.41, 5.74) is 0. The van der Waals surface area contributed by atoms with E-state index in [0.29, 0.717) is 0 Å². The first-order valence-corrected chi connectivity index (χ1v) is 4.51. The fourth-order valence-corrected chi connectivity index (χ4v) is 0.625. The summed E-state index contributed by atoms with van der Waals surface area (Å²) in [5, 5.41) is 15.8. The van der Waals surface area contributed by atoms with E-state index in [4.69, 9.17) is 10.2 Å². The number of esters is 2. The summed E-state index contributed by atoms with van der Waals surface area (Å²) in [7, 11) is 0. The van der Waals surface area contributed by atoms with Crippen LogP contribution in [0.3, 0.4) is 0 Å². The third-order valence-electron chi connectivity index (χ3n) is 1.60. The van der Waals surface area contributed by atoms with Crippen LogP contribution in [0.25, 0.3) is 0 Å². The quantitative estimate of drug-likeness (QED) is 0.279. The van der Waals surface area contributed by atoms with Gasteiger partial charge in [0.05, 0.1) is 0 Å². The summed E-state index contributed by atoms with van der Waals surface area (Å²) < 4.78 is 57.1. The van der Waals surface area contributed by atoms with E-state index in [1.54, 1.807) is 0 Å². The Balaban J connectivity index is 4.24. The monoisotopic (exact) mass is 306 g/mol. The van der Waals surface area contributed by atoms with Crippen molar-refractivity contribution in [2.24, 2.45) is 0 Å². The number of hydrogen-bond acceptors (Lipinski definition) is 6. The Morgan fingerprint density at radius 2 is 1.00 bits per heavy atom. The maximum atomic E-state index is 12.4. The summed E-state index contributed by atoms with van der Waals surface area (Å²) in [6, 6.07) is 0. The second-order valence-electron chi connectivity index (χ2n) is 3.03. The third-order valence-corrected chi connectivity index (χ3v) is 1.60. The van der Waals surface area contributed by atoms with Crippen LogP contribution < -0.4 is 0 Å². The van der Waals surface area contributed by atoms with Crippen molar-refractivity contribution in [2.45, 2.75) is 11.8 Å². The van der Waals surface area contributed by atoms with Gasteiger partial charge in [-0.25, -0.2) is 19.2 Å². The number of halogens is 4. The highest BCUT2D eigenvalue weighted by molar-refractivity contribution is 6.01. The summed E-state index contributed by atoms with van der Waals surface area (Å²) in [6.45, 7) is -2.33. The van der Waals surface area contributed by atoms with Gasteiger partial charge in [0.1, 0.15) is 13.2 Å². The van der Waals surface area contributed by atoms with Gasteiger partial charge in [-0.3, -0.25) is 0 Å². The molecule has 0 saturated carbocycles. The lowest BCUT2D eigenvalue weighted by molar-refractivity contribution is -0.193. The van der Waals surface area contributed by atoms with Crippen molar-refractivity contribution >= 4 is 23.9 Å². The highest BCUT2D eigenvalue weighted by Crippen LogP contribution is 2.17. The molecule has 0 aromatic heterocycles. The van der Waals surface area contributed by atoms with Crippen molar-refractivity contribution in [1.82, 2.24) is 0 Å². The fraction of sp³-hybridized carbons (Fsp3) is 0.500. The summed E-state index contributed by atoms with van der Waals surface area (Å²) >= 11 is 0. The van der Waals surface area contributed by atoms with Crippen LogP contribution in [0.2, 0.25) is 0 Å². The van der Waals surface area contributed by atoms with Crippen molar-refractivity contribution in [3.63, 3.8) is 0 Å². The van der Waals surface area contributed by atoms with Gasteiger partial charge in [0, 0.05) is 0 Å². The van der Waals surface area contributed by atoms with Crippen LogP contribution in [0.5, 0.6) is 0 Å². The standard InChI is InChI=1S/C8H6F4O8/c9-7(10,3(13)14)5(17)19-1-2-20-6(18)8(11,12)4(15)16/h1-2H2,(H,13,14)(H,15,16). The van der Waals surface area contributed by atoms with Gasteiger partial charge in [0.15, 0.2) is 0 Å². The minimum Gasteiger partial charge on any atom is -0.476 e. The molecule has 0 spiro atoms. The maximum Gasteiger partial charge on any atom is 0.437 e. The van der Waals surface area contributed by atoms with E-state index in [1.165, 1.54) is 0 Å². The molecule has 0 radical (unpaired) electrons. The molecule has 0 saturated heterocycles. The molecule has 0 aliphatic heterocycles. The van der Waals surface area contributed by atoms with E-state index in [0.717, 1.165) is 0 Å². The zero-order chi connectivity index (χ0) is 16.1. The number of alkyl halides is 4. The highest BCUT2D eigenvalue weighted by atomic mass is 19.3. The van der Waals surface area contributed by atoms with Gasteiger partial charge in [-0.15, -0.1) is 0 Å². The first-order chi connectivity index (χ1) is 8.94. The predicted octanol–water partition coefficient (Wildman–Crippen LogP) is -0.487. The largest absolute Gasteiger partial charge is 0.476 e. The van der Waals surface area contributed by atoms with Crippen molar-refractivity contribution < 1.29 is 56.4 Å². The molecule has 0 aliphatic rings.